The molecule has 0 atom stereocenters. The Morgan fingerprint density at radius 3 is 2.85 bits per heavy atom. The van der Waals surface area contributed by atoms with Crippen molar-refractivity contribution in [1.29, 1.82) is 0 Å². The van der Waals surface area contributed by atoms with Gasteiger partial charge in [-0.3, -0.25) is 0 Å². The molecule has 2 aromatic heterocycles. The Balaban J connectivity index is 2.27. The maximum absolute atomic E-state index is 11.7. The number of carbonyl (C=O) groups is 1. The zero-order valence-corrected chi connectivity index (χ0v) is 13.5. The Hall–Kier alpha value is -1.25. The third kappa shape index (κ3) is 3.44. The monoisotopic (exact) mass is 359 g/mol. The quantitative estimate of drug-likeness (QED) is 0.739. The van der Waals surface area contributed by atoms with Crippen LogP contribution in [0.1, 0.15) is 21.1 Å². The van der Waals surface area contributed by atoms with Crippen LogP contribution in [0.15, 0.2) is 15.9 Å². The number of carbonyl (C=O) groups excluding carboxylic acids is 1. The Bertz CT molecular complexity index is 597. The van der Waals surface area contributed by atoms with Crippen LogP contribution in [0.5, 0.6) is 0 Å². The average Bonchev–Trinajstić information content (AvgIpc) is 3.03. The van der Waals surface area contributed by atoms with E-state index in [0.29, 0.717) is 19.6 Å². The van der Waals surface area contributed by atoms with Crippen LogP contribution in [0.25, 0.3) is 0 Å². The maximum atomic E-state index is 11.7. The molecule has 108 valence electrons. The van der Waals surface area contributed by atoms with Gasteiger partial charge in [0.1, 0.15) is 0 Å². The van der Waals surface area contributed by atoms with Crippen molar-refractivity contribution in [2.24, 2.45) is 0 Å². The summed E-state index contributed by atoms with van der Waals surface area (Å²) in [6.45, 7) is 1.06. The minimum Gasteiger partial charge on any atom is -0.464 e. The molecule has 0 radical (unpaired) electrons. The van der Waals surface area contributed by atoms with Crippen molar-refractivity contribution >= 4 is 33.2 Å². The first kappa shape index (κ1) is 15.1. The fraction of sp³-hybridized carbons (Fsp3) is 0.417. The number of thiophene rings is 1. The van der Waals surface area contributed by atoms with E-state index in [0.717, 1.165) is 14.4 Å². The highest BCUT2D eigenvalue weighted by molar-refractivity contribution is 9.11. The molecule has 0 aliphatic heterocycles. The Labute approximate surface area is 128 Å². The van der Waals surface area contributed by atoms with Gasteiger partial charge in [-0.15, -0.1) is 16.4 Å². The number of methoxy groups -OCH3 is 2. The molecule has 0 aliphatic carbocycles. The molecule has 20 heavy (non-hydrogen) atoms. The average molecular weight is 360 g/mol. The zero-order valence-electron chi connectivity index (χ0n) is 11.1. The van der Waals surface area contributed by atoms with E-state index in [9.17, 15) is 4.79 Å². The van der Waals surface area contributed by atoms with Crippen LogP contribution in [-0.2, 0) is 22.4 Å². The predicted molar refractivity (Wildman–Crippen MR) is 78.1 cm³/mol. The van der Waals surface area contributed by atoms with Gasteiger partial charge >= 0.3 is 5.97 Å². The van der Waals surface area contributed by atoms with E-state index in [1.54, 1.807) is 23.1 Å². The molecule has 6 nitrogen and oxygen atoms in total. The number of ether oxygens (including phenoxy) is 2. The van der Waals surface area contributed by atoms with E-state index in [1.807, 2.05) is 12.1 Å². The largest absolute Gasteiger partial charge is 0.464 e. The molecule has 8 heteroatoms. The first-order valence-electron chi connectivity index (χ1n) is 5.89. The highest BCUT2D eigenvalue weighted by Crippen LogP contribution is 2.23. The van der Waals surface area contributed by atoms with Crippen molar-refractivity contribution in [3.8, 4) is 0 Å². The summed E-state index contributed by atoms with van der Waals surface area (Å²) in [5.41, 5.74) is 0.975. The predicted octanol–water partition coefficient (Wildman–Crippen LogP) is 2.13. The number of rotatable bonds is 6. The van der Waals surface area contributed by atoms with Gasteiger partial charge in [-0.2, -0.15) is 0 Å². The second-order valence-electron chi connectivity index (χ2n) is 3.98. The van der Waals surface area contributed by atoms with E-state index < -0.39 is 5.97 Å². The van der Waals surface area contributed by atoms with Crippen molar-refractivity contribution < 1.29 is 14.3 Å². The molecule has 0 aliphatic rings. The summed E-state index contributed by atoms with van der Waals surface area (Å²) in [5, 5.41) is 7.96. The first-order chi connectivity index (χ1) is 9.65. The van der Waals surface area contributed by atoms with E-state index >= 15 is 0 Å². The van der Waals surface area contributed by atoms with Gasteiger partial charge in [0.15, 0.2) is 5.69 Å². The van der Waals surface area contributed by atoms with Crippen molar-refractivity contribution in [2.45, 2.75) is 13.0 Å². The first-order valence-corrected chi connectivity index (χ1v) is 7.50. The number of hydrogen-bond acceptors (Lipinski definition) is 6. The van der Waals surface area contributed by atoms with Crippen LogP contribution in [0.4, 0.5) is 0 Å². The highest BCUT2D eigenvalue weighted by Gasteiger charge is 2.20. The molecule has 0 saturated carbocycles. The molecule has 0 spiro atoms. The van der Waals surface area contributed by atoms with E-state index in [-0.39, 0.29) is 5.69 Å². The van der Waals surface area contributed by atoms with Gasteiger partial charge in [0.05, 0.1) is 29.7 Å². The van der Waals surface area contributed by atoms with Crippen LogP contribution in [0, 0.1) is 0 Å². The van der Waals surface area contributed by atoms with Gasteiger partial charge < -0.3 is 9.47 Å². The number of halogens is 1. The summed E-state index contributed by atoms with van der Waals surface area (Å²) in [6.07, 6.45) is 0.556. The molecule has 2 aromatic rings. The van der Waals surface area contributed by atoms with Crippen LogP contribution >= 0.6 is 27.3 Å². The smallest absolute Gasteiger partial charge is 0.360 e. The molecule has 2 heterocycles. The Kier molecular flexibility index (Phi) is 5.27. The number of aromatic nitrogens is 3. The van der Waals surface area contributed by atoms with Gasteiger partial charge in [0, 0.05) is 18.4 Å². The summed E-state index contributed by atoms with van der Waals surface area (Å²) in [5.74, 6) is -0.477. The lowest BCUT2D eigenvalue weighted by atomic mass is 10.2. The molecule has 0 unspecified atom stereocenters. The molecule has 0 bridgehead atoms. The SMILES string of the molecule is COCCc1c(C(=O)OC)nnn1Cc1ccc(Br)s1. The maximum Gasteiger partial charge on any atom is 0.360 e. The van der Waals surface area contributed by atoms with E-state index in [1.165, 1.54) is 7.11 Å². The second-order valence-corrected chi connectivity index (χ2v) is 6.53. The molecular weight excluding hydrogens is 346 g/mol. The van der Waals surface area contributed by atoms with Gasteiger partial charge in [-0.1, -0.05) is 5.21 Å². The molecular formula is C12H14BrN3O3S. The molecule has 0 fully saturated rings. The third-order valence-corrected chi connectivity index (χ3v) is 4.30. The van der Waals surface area contributed by atoms with Crippen molar-refractivity contribution in [3.05, 3.63) is 32.2 Å². The van der Waals surface area contributed by atoms with Crippen LogP contribution in [0.3, 0.4) is 0 Å². The minimum absolute atomic E-state index is 0.250. The van der Waals surface area contributed by atoms with Gasteiger partial charge in [-0.05, 0) is 28.1 Å². The standard InChI is InChI=1S/C12H14BrN3O3S/c1-18-6-5-9-11(12(17)19-2)14-15-16(9)7-8-3-4-10(13)20-8/h3-4H,5-7H2,1-2H3. The lowest BCUT2D eigenvalue weighted by Crippen LogP contribution is -2.12. The molecule has 2 rings (SSSR count). The summed E-state index contributed by atoms with van der Waals surface area (Å²) in [4.78, 5) is 12.8. The lowest BCUT2D eigenvalue weighted by molar-refractivity contribution is 0.0592. The fourth-order valence-corrected chi connectivity index (χ4v) is 3.21. The van der Waals surface area contributed by atoms with E-state index in [2.05, 4.69) is 26.2 Å². The van der Waals surface area contributed by atoms with Gasteiger partial charge in [0.2, 0.25) is 0 Å². The Morgan fingerprint density at radius 1 is 1.45 bits per heavy atom. The Morgan fingerprint density at radius 2 is 2.25 bits per heavy atom. The second kappa shape index (κ2) is 6.96. The summed E-state index contributed by atoms with van der Waals surface area (Å²) < 4.78 is 12.6. The van der Waals surface area contributed by atoms with Crippen molar-refractivity contribution in [3.63, 3.8) is 0 Å². The molecule has 0 N–H and O–H groups in total. The summed E-state index contributed by atoms with van der Waals surface area (Å²) in [7, 11) is 2.94. The number of esters is 1. The molecule has 0 aromatic carbocycles. The van der Waals surface area contributed by atoms with E-state index in [4.69, 9.17) is 9.47 Å². The number of hydrogen-bond donors (Lipinski definition) is 0. The fourth-order valence-electron chi connectivity index (χ4n) is 1.75. The van der Waals surface area contributed by atoms with Crippen molar-refractivity contribution in [2.75, 3.05) is 20.8 Å². The summed E-state index contributed by atoms with van der Waals surface area (Å²) in [6, 6.07) is 3.99. The number of nitrogens with zero attached hydrogens (tertiary/aromatic N) is 3. The third-order valence-electron chi connectivity index (χ3n) is 2.69. The minimum atomic E-state index is -0.477. The van der Waals surface area contributed by atoms with Gasteiger partial charge in [0.25, 0.3) is 0 Å². The molecule has 0 amide bonds. The zero-order chi connectivity index (χ0) is 14.5. The molecule has 0 saturated heterocycles. The normalized spacial score (nSPS) is 10.8. The highest BCUT2D eigenvalue weighted by atomic mass is 79.9. The van der Waals surface area contributed by atoms with Crippen LogP contribution in [0.2, 0.25) is 0 Å². The van der Waals surface area contributed by atoms with Crippen LogP contribution < -0.4 is 0 Å². The lowest BCUT2D eigenvalue weighted by Gasteiger charge is -2.06. The van der Waals surface area contributed by atoms with Crippen LogP contribution in [-0.4, -0.2) is 41.8 Å². The summed E-state index contributed by atoms with van der Waals surface area (Å²) >= 11 is 5.04. The van der Waals surface area contributed by atoms with Crippen molar-refractivity contribution in [1.82, 2.24) is 15.0 Å². The topological polar surface area (TPSA) is 66.2 Å². The van der Waals surface area contributed by atoms with Gasteiger partial charge in [-0.25, -0.2) is 9.48 Å².